The van der Waals surface area contributed by atoms with Gasteiger partial charge in [-0.3, -0.25) is 0 Å². The minimum absolute atomic E-state index is 1.12. The van der Waals surface area contributed by atoms with Crippen molar-refractivity contribution >= 4 is 43.6 Å². The Labute approximate surface area is 99.0 Å². The Morgan fingerprint density at radius 3 is 0.933 bits per heavy atom. The lowest BCUT2D eigenvalue weighted by Gasteiger charge is -2.27. The minimum atomic E-state index is -5.38. The van der Waals surface area contributed by atoms with Gasteiger partial charge in [0.2, 0.25) is 0 Å². The predicted molar refractivity (Wildman–Crippen MR) is 45.2 cm³/mol. The second-order valence-electron chi connectivity index (χ2n) is 2.13. The van der Waals surface area contributed by atoms with E-state index >= 15 is 0 Å². The number of hydrogen-bond acceptors (Lipinski definition) is 1. The van der Waals surface area contributed by atoms with E-state index < -0.39 is 31.9 Å². The summed E-state index contributed by atoms with van der Waals surface area (Å²) in [5.74, 6) is 0. The fourth-order valence-corrected chi connectivity index (χ4v) is 1.32. The van der Waals surface area contributed by atoms with Gasteiger partial charge in [-0.15, -0.1) is 0 Å². The van der Waals surface area contributed by atoms with Gasteiger partial charge in [-0.05, 0) is 31.9 Å². The minimum Gasteiger partial charge on any atom is -0.186 e. The highest BCUT2D eigenvalue weighted by atomic mass is 79.9. The van der Waals surface area contributed by atoms with E-state index in [1.165, 1.54) is 0 Å². The molecule has 11 heteroatoms. The second-order valence-corrected chi connectivity index (χ2v) is 5.35. The Balaban J connectivity index is 4.89. The van der Waals surface area contributed by atoms with Crippen LogP contribution in [-0.4, -0.2) is 20.2 Å². The molecule has 0 heterocycles. The SMILES string of the molecule is FC(F)(Br)C(F)(F)SC(F)(F)C(F)(F)Br. The summed E-state index contributed by atoms with van der Waals surface area (Å²) in [6.07, 6.45) is 0. The predicted octanol–water partition coefficient (Wildman–Crippen LogP) is 4.88. The van der Waals surface area contributed by atoms with E-state index in [2.05, 4.69) is 0 Å². The number of thioether (sulfide) groups is 1. The average Bonchev–Trinajstić information content (AvgIpc) is 1.77. The zero-order valence-electron chi connectivity index (χ0n) is 6.19. The maximum Gasteiger partial charge on any atom is 0.373 e. The summed E-state index contributed by atoms with van der Waals surface area (Å²) >= 11 is 0.101. The smallest absolute Gasteiger partial charge is 0.186 e. The highest BCUT2D eigenvalue weighted by Gasteiger charge is 2.67. The number of alkyl halides is 10. The fourth-order valence-electron chi connectivity index (χ4n) is 0.277. The van der Waals surface area contributed by atoms with Crippen molar-refractivity contribution in [1.29, 1.82) is 0 Å². The molecule has 0 saturated heterocycles. The van der Waals surface area contributed by atoms with E-state index in [4.69, 9.17) is 0 Å². The van der Waals surface area contributed by atoms with E-state index in [1.54, 1.807) is 0 Å². The summed E-state index contributed by atoms with van der Waals surface area (Å²) in [7, 11) is 0. The average molecular weight is 392 g/mol. The molecule has 0 aromatic rings. The lowest BCUT2D eigenvalue weighted by molar-refractivity contribution is -0.104. The van der Waals surface area contributed by atoms with Crippen molar-refractivity contribution in [1.82, 2.24) is 0 Å². The van der Waals surface area contributed by atoms with E-state index in [-0.39, 0.29) is 0 Å². The Morgan fingerprint density at radius 2 is 0.800 bits per heavy atom. The van der Waals surface area contributed by atoms with E-state index in [0.717, 1.165) is 31.9 Å². The Bertz CT molecular complexity index is 206. The van der Waals surface area contributed by atoms with Gasteiger partial charge >= 0.3 is 20.2 Å². The second kappa shape index (κ2) is 4.21. The monoisotopic (exact) mass is 390 g/mol. The molecule has 0 aromatic carbocycles. The summed E-state index contributed by atoms with van der Waals surface area (Å²) in [5, 5.41) is -10.8. The highest BCUT2D eigenvalue weighted by molar-refractivity contribution is 9.10. The molecule has 92 valence electrons. The Kier molecular flexibility index (Phi) is 4.42. The molecular formula is C4Br2F8S. The van der Waals surface area contributed by atoms with E-state index in [9.17, 15) is 35.1 Å². The lowest BCUT2D eigenvalue weighted by atomic mass is 10.7. The molecular weight excluding hydrogens is 392 g/mol. The number of rotatable bonds is 4. The van der Waals surface area contributed by atoms with Crippen LogP contribution in [0.2, 0.25) is 0 Å². The summed E-state index contributed by atoms with van der Waals surface area (Å²) in [5.41, 5.74) is 0. The van der Waals surface area contributed by atoms with Crippen LogP contribution in [0, 0.1) is 0 Å². The van der Waals surface area contributed by atoms with Gasteiger partial charge in [0.15, 0.2) is 0 Å². The summed E-state index contributed by atoms with van der Waals surface area (Å²) in [4.78, 5) is -10.0. The maximum atomic E-state index is 12.3. The first-order valence-electron chi connectivity index (χ1n) is 2.80. The quantitative estimate of drug-likeness (QED) is 0.486. The molecule has 15 heavy (non-hydrogen) atoms. The molecule has 0 rings (SSSR count). The molecule has 0 nitrogen and oxygen atoms in total. The van der Waals surface area contributed by atoms with Crippen molar-refractivity contribution in [2.24, 2.45) is 0 Å². The van der Waals surface area contributed by atoms with E-state index in [1.807, 2.05) is 0 Å². The van der Waals surface area contributed by atoms with Crippen LogP contribution in [0.25, 0.3) is 0 Å². The standard InChI is InChI=1S/C4Br2F8S/c5-1(7,8)3(11,12)15-4(13,14)2(6,9)10. The largest absolute Gasteiger partial charge is 0.373 e. The molecule has 0 atom stereocenters. The van der Waals surface area contributed by atoms with Gasteiger partial charge in [0, 0.05) is 11.8 Å². The van der Waals surface area contributed by atoms with Crippen LogP contribution in [0.15, 0.2) is 0 Å². The fraction of sp³-hybridized carbons (Fsp3) is 1.00. The molecule has 0 radical (unpaired) electrons. The van der Waals surface area contributed by atoms with Crippen LogP contribution in [-0.2, 0) is 0 Å². The molecule has 0 aliphatic heterocycles. The summed E-state index contributed by atoms with van der Waals surface area (Å²) in [6.45, 7) is 0. The van der Waals surface area contributed by atoms with Gasteiger partial charge in [-0.1, -0.05) is 0 Å². The number of halogens is 10. The van der Waals surface area contributed by atoms with Crippen LogP contribution < -0.4 is 0 Å². The number of hydrogen-bond donors (Lipinski definition) is 0. The molecule has 0 bridgehead atoms. The van der Waals surface area contributed by atoms with Crippen molar-refractivity contribution in [3.8, 4) is 0 Å². The third-order valence-electron chi connectivity index (χ3n) is 0.916. The topological polar surface area (TPSA) is 0 Å². The van der Waals surface area contributed by atoms with Crippen molar-refractivity contribution in [2.75, 3.05) is 0 Å². The molecule has 0 N–H and O–H groups in total. The maximum absolute atomic E-state index is 12.3. The first kappa shape index (κ1) is 15.8. The van der Waals surface area contributed by atoms with E-state index in [0.29, 0.717) is 0 Å². The molecule has 0 aromatic heterocycles. The lowest BCUT2D eigenvalue weighted by Crippen LogP contribution is -2.41. The molecule has 0 fully saturated rings. The third kappa shape index (κ3) is 3.91. The molecule has 0 saturated carbocycles. The zero-order valence-corrected chi connectivity index (χ0v) is 10.2. The van der Waals surface area contributed by atoms with Crippen molar-refractivity contribution < 1.29 is 35.1 Å². The first-order chi connectivity index (χ1) is 6.21. The van der Waals surface area contributed by atoms with Crippen LogP contribution >= 0.6 is 43.6 Å². The highest BCUT2D eigenvalue weighted by Crippen LogP contribution is 2.58. The Morgan fingerprint density at radius 1 is 0.600 bits per heavy atom. The molecule has 0 aliphatic carbocycles. The van der Waals surface area contributed by atoms with Gasteiger partial charge in [-0.2, -0.15) is 35.1 Å². The van der Waals surface area contributed by atoms with Crippen molar-refractivity contribution in [3.63, 3.8) is 0 Å². The summed E-state index contributed by atoms with van der Waals surface area (Å²) in [6, 6.07) is 0. The van der Waals surface area contributed by atoms with Crippen LogP contribution in [0.4, 0.5) is 35.1 Å². The zero-order chi connectivity index (χ0) is 12.7. The molecule has 0 aliphatic rings. The molecule has 0 amide bonds. The summed E-state index contributed by atoms with van der Waals surface area (Å²) < 4.78 is 97.0. The molecule has 0 spiro atoms. The van der Waals surface area contributed by atoms with Crippen molar-refractivity contribution in [2.45, 2.75) is 20.2 Å². The van der Waals surface area contributed by atoms with Gasteiger partial charge < -0.3 is 0 Å². The van der Waals surface area contributed by atoms with Gasteiger partial charge in [0.05, 0.1) is 0 Å². The Hall–Kier alpha value is 0.750. The van der Waals surface area contributed by atoms with Crippen LogP contribution in [0.1, 0.15) is 0 Å². The van der Waals surface area contributed by atoms with Crippen molar-refractivity contribution in [3.05, 3.63) is 0 Å². The van der Waals surface area contributed by atoms with Crippen LogP contribution in [0.5, 0.6) is 0 Å². The van der Waals surface area contributed by atoms with Crippen LogP contribution in [0.3, 0.4) is 0 Å². The van der Waals surface area contributed by atoms with Gasteiger partial charge in [0.25, 0.3) is 0 Å². The van der Waals surface area contributed by atoms with Gasteiger partial charge in [0.1, 0.15) is 0 Å². The molecule has 0 unspecified atom stereocenters. The normalized spacial score (nSPS) is 15.6. The third-order valence-corrected chi connectivity index (χ3v) is 3.46. The van der Waals surface area contributed by atoms with Gasteiger partial charge in [-0.25, -0.2) is 0 Å². The first-order valence-corrected chi connectivity index (χ1v) is 5.20.